The third kappa shape index (κ3) is 5.89. The summed E-state index contributed by atoms with van der Waals surface area (Å²) in [6.07, 6.45) is 0. The lowest BCUT2D eigenvalue weighted by atomic mass is 9.92. The Kier molecular flexibility index (Phi) is 8.15. The van der Waals surface area contributed by atoms with E-state index in [4.69, 9.17) is 4.42 Å². The zero-order chi connectivity index (χ0) is 38.4. The average Bonchev–Trinajstić information content (AvgIpc) is 3.89. The molecular weight excluding hydrogens is 705 g/mol. The fourth-order valence-electron chi connectivity index (χ4n) is 8.45. The van der Waals surface area contributed by atoms with Crippen LogP contribution in [-0.2, 0) is 0 Å². The summed E-state index contributed by atoms with van der Waals surface area (Å²) in [5.41, 5.74) is 18.0. The third-order valence-electron chi connectivity index (χ3n) is 11.3. The standard InChI is InChI=1S/C55H36N2O/c1-3-13-39(14-4-1)45-17-7-9-19-47(45)42-29-33-52-49(35-42)50-36-43(48-20-10-8-18-46(48)40-15-5-2-6-16-40)30-34-53(50)57(52)44-31-27-38(28-32-44)37-23-25-41(26-24-37)55-56-51-21-11-12-22-54(51)58-55/h1-36H. The number of benzene rings is 9. The average molecular weight is 741 g/mol. The van der Waals surface area contributed by atoms with Gasteiger partial charge in [0.15, 0.2) is 5.58 Å². The molecule has 0 unspecified atom stereocenters. The van der Waals surface area contributed by atoms with E-state index in [2.05, 4.69) is 204 Å². The third-order valence-corrected chi connectivity index (χ3v) is 11.3. The number of para-hydroxylation sites is 2. The minimum absolute atomic E-state index is 0.632. The number of oxazole rings is 1. The number of fused-ring (bicyclic) bond motifs is 4. The van der Waals surface area contributed by atoms with Crippen molar-refractivity contribution < 1.29 is 4.42 Å². The van der Waals surface area contributed by atoms with Crippen LogP contribution in [0.15, 0.2) is 223 Å². The number of nitrogens with zero attached hydrogens (tertiary/aromatic N) is 2. The van der Waals surface area contributed by atoms with Crippen LogP contribution in [0.1, 0.15) is 0 Å². The van der Waals surface area contributed by atoms with Gasteiger partial charge in [-0.1, -0.05) is 158 Å². The number of aromatic nitrogens is 2. The predicted octanol–water partition coefficient (Wildman–Crippen LogP) is 14.9. The first kappa shape index (κ1) is 33.6. The molecule has 0 aliphatic heterocycles. The molecule has 0 saturated carbocycles. The quantitative estimate of drug-likeness (QED) is 0.163. The van der Waals surface area contributed by atoms with Crippen molar-refractivity contribution in [1.82, 2.24) is 9.55 Å². The first-order valence-electron chi connectivity index (χ1n) is 19.7. The van der Waals surface area contributed by atoms with Gasteiger partial charge in [-0.2, -0.15) is 0 Å². The van der Waals surface area contributed by atoms with Gasteiger partial charge in [0.1, 0.15) is 5.52 Å². The van der Waals surface area contributed by atoms with Crippen LogP contribution in [-0.4, -0.2) is 9.55 Å². The van der Waals surface area contributed by atoms with Gasteiger partial charge in [-0.15, -0.1) is 0 Å². The topological polar surface area (TPSA) is 31.0 Å². The van der Waals surface area contributed by atoms with Gasteiger partial charge in [0, 0.05) is 22.0 Å². The molecule has 2 aromatic heterocycles. The van der Waals surface area contributed by atoms with Gasteiger partial charge >= 0.3 is 0 Å². The van der Waals surface area contributed by atoms with E-state index in [0.29, 0.717) is 5.89 Å². The maximum absolute atomic E-state index is 6.03. The second-order valence-electron chi connectivity index (χ2n) is 14.7. The predicted molar refractivity (Wildman–Crippen MR) is 241 cm³/mol. The molecule has 11 rings (SSSR count). The largest absolute Gasteiger partial charge is 0.436 e. The van der Waals surface area contributed by atoms with Crippen LogP contribution in [0.3, 0.4) is 0 Å². The zero-order valence-corrected chi connectivity index (χ0v) is 31.6. The van der Waals surface area contributed by atoms with Crippen molar-refractivity contribution in [1.29, 1.82) is 0 Å². The van der Waals surface area contributed by atoms with Crippen LogP contribution in [0.4, 0.5) is 0 Å². The first-order chi connectivity index (χ1) is 28.7. The normalized spacial score (nSPS) is 11.4. The highest BCUT2D eigenvalue weighted by atomic mass is 16.3. The summed E-state index contributed by atoms with van der Waals surface area (Å²) in [6.45, 7) is 0. The zero-order valence-electron chi connectivity index (χ0n) is 31.6. The number of hydrogen-bond acceptors (Lipinski definition) is 2. The van der Waals surface area contributed by atoms with E-state index in [9.17, 15) is 0 Å². The summed E-state index contributed by atoms with van der Waals surface area (Å²) in [5, 5.41) is 2.43. The Hall–Kier alpha value is -7.75. The fraction of sp³-hybridized carbons (Fsp3) is 0. The number of rotatable bonds is 7. The van der Waals surface area contributed by atoms with E-state index in [-0.39, 0.29) is 0 Å². The second-order valence-corrected chi connectivity index (χ2v) is 14.7. The van der Waals surface area contributed by atoms with Crippen molar-refractivity contribution in [2.75, 3.05) is 0 Å². The van der Waals surface area contributed by atoms with E-state index in [1.807, 2.05) is 24.3 Å². The SMILES string of the molecule is c1ccc(-c2ccccc2-c2ccc3c(c2)c2cc(-c4ccccc4-c4ccccc4)ccc2n3-c2ccc(-c3ccc(-c4nc5ccccc5o4)cc3)cc2)cc1. The van der Waals surface area contributed by atoms with Crippen LogP contribution < -0.4 is 0 Å². The Bertz CT molecular complexity index is 3070. The minimum atomic E-state index is 0.632. The van der Waals surface area contributed by atoms with Gasteiger partial charge in [-0.25, -0.2) is 4.98 Å². The minimum Gasteiger partial charge on any atom is -0.436 e. The molecule has 0 saturated heterocycles. The van der Waals surface area contributed by atoms with Gasteiger partial charge in [0.05, 0.1) is 11.0 Å². The monoisotopic (exact) mass is 740 g/mol. The molecule has 11 aromatic rings. The van der Waals surface area contributed by atoms with Gasteiger partial charge in [-0.05, 0) is 116 Å². The van der Waals surface area contributed by atoms with E-state index >= 15 is 0 Å². The summed E-state index contributed by atoms with van der Waals surface area (Å²) in [4.78, 5) is 4.69. The Labute approximate surface area is 336 Å². The Morgan fingerprint density at radius 1 is 0.328 bits per heavy atom. The van der Waals surface area contributed by atoms with Crippen molar-refractivity contribution in [2.24, 2.45) is 0 Å². The molecule has 0 bridgehead atoms. The van der Waals surface area contributed by atoms with Crippen LogP contribution in [0.5, 0.6) is 0 Å². The lowest BCUT2D eigenvalue weighted by Gasteiger charge is -2.12. The number of hydrogen-bond donors (Lipinski definition) is 0. The van der Waals surface area contributed by atoms with Crippen molar-refractivity contribution in [3.63, 3.8) is 0 Å². The lowest BCUT2D eigenvalue weighted by molar-refractivity contribution is 0.620. The smallest absolute Gasteiger partial charge is 0.227 e. The van der Waals surface area contributed by atoms with Crippen molar-refractivity contribution in [3.05, 3.63) is 218 Å². The van der Waals surface area contributed by atoms with E-state index in [1.165, 1.54) is 66.3 Å². The molecule has 0 amide bonds. The maximum Gasteiger partial charge on any atom is 0.227 e. The van der Waals surface area contributed by atoms with Gasteiger partial charge in [0.2, 0.25) is 5.89 Å². The molecule has 2 heterocycles. The summed E-state index contributed by atoms with van der Waals surface area (Å²) >= 11 is 0. The molecule has 3 nitrogen and oxygen atoms in total. The molecule has 0 spiro atoms. The Balaban J connectivity index is 1.03. The summed E-state index contributed by atoms with van der Waals surface area (Å²) < 4.78 is 8.44. The van der Waals surface area contributed by atoms with Crippen molar-refractivity contribution >= 4 is 32.9 Å². The molecule has 3 heteroatoms. The summed E-state index contributed by atoms with van der Waals surface area (Å²) in [7, 11) is 0. The Morgan fingerprint density at radius 3 is 1.26 bits per heavy atom. The fourth-order valence-corrected chi connectivity index (χ4v) is 8.45. The Morgan fingerprint density at radius 2 is 0.741 bits per heavy atom. The molecular formula is C55H36N2O. The van der Waals surface area contributed by atoms with Crippen molar-refractivity contribution in [3.8, 4) is 72.8 Å². The summed E-state index contributed by atoms with van der Waals surface area (Å²) in [5.74, 6) is 0.632. The second kappa shape index (κ2) is 14.1. The van der Waals surface area contributed by atoms with Crippen LogP contribution in [0.2, 0.25) is 0 Å². The van der Waals surface area contributed by atoms with Gasteiger partial charge in [-0.3, -0.25) is 0 Å². The maximum atomic E-state index is 6.03. The van der Waals surface area contributed by atoms with Crippen molar-refractivity contribution in [2.45, 2.75) is 0 Å². The van der Waals surface area contributed by atoms with E-state index in [1.54, 1.807) is 0 Å². The van der Waals surface area contributed by atoms with Gasteiger partial charge in [0.25, 0.3) is 0 Å². The van der Waals surface area contributed by atoms with Crippen LogP contribution >= 0.6 is 0 Å². The highest BCUT2D eigenvalue weighted by molar-refractivity contribution is 6.12. The van der Waals surface area contributed by atoms with E-state index in [0.717, 1.165) is 33.5 Å². The van der Waals surface area contributed by atoms with Crippen LogP contribution in [0.25, 0.3) is 106 Å². The lowest BCUT2D eigenvalue weighted by Crippen LogP contribution is -1.94. The molecule has 0 atom stereocenters. The molecule has 0 radical (unpaired) electrons. The van der Waals surface area contributed by atoms with Crippen LogP contribution in [0, 0.1) is 0 Å². The highest BCUT2D eigenvalue weighted by Gasteiger charge is 2.17. The molecule has 0 fully saturated rings. The molecule has 272 valence electrons. The molecule has 58 heavy (non-hydrogen) atoms. The molecule has 0 N–H and O–H groups in total. The first-order valence-corrected chi connectivity index (χ1v) is 19.7. The summed E-state index contributed by atoms with van der Waals surface area (Å²) in [6, 6.07) is 78.0. The molecule has 0 aliphatic carbocycles. The van der Waals surface area contributed by atoms with E-state index < -0.39 is 0 Å². The molecule has 0 aliphatic rings. The highest BCUT2D eigenvalue weighted by Crippen LogP contribution is 2.41. The van der Waals surface area contributed by atoms with Gasteiger partial charge < -0.3 is 8.98 Å². The molecule has 9 aromatic carbocycles.